The summed E-state index contributed by atoms with van der Waals surface area (Å²) in [5.41, 5.74) is 0.884. The summed E-state index contributed by atoms with van der Waals surface area (Å²) in [6.45, 7) is 3.63. The first kappa shape index (κ1) is 13.5. The van der Waals surface area contributed by atoms with Crippen LogP contribution in [0.15, 0.2) is 18.2 Å². The average molecular weight is 283 g/mol. The van der Waals surface area contributed by atoms with Crippen LogP contribution >= 0.6 is 11.6 Å². The van der Waals surface area contributed by atoms with E-state index in [1.807, 2.05) is 0 Å². The number of halogens is 2. The second kappa shape index (κ2) is 5.40. The number of aromatic nitrogens is 2. The number of rotatable bonds is 3. The Labute approximate surface area is 114 Å². The number of carbonyl (C=O) groups excluding carboxylic acids is 1. The summed E-state index contributed by atoms with van der Waals surface area (Å²) in [5.74, 6) is -0.862. The van der Waals surface area contributed by atoms with Crippen molar-refractivity contribution in [2.75, 3.05) is 6.61 Å². The zero-order valence-electron chi connectivity index (χ0n) is 10.5. The van der Waals surface area contributed by atoms with Crippen molar-refractivity contribution >= 4 is 17.6 Å². The molecule has 6 heteroatoms. The molecule has 0 amide bonds. The monoisotopic (exact) mass is 282 g/mol. The molecule has 2 aromatic rings. The quantitative estimate of drug-likeness (QED) is 0.878. The van der Waals surface area contributed by atoms with Crippen molar-refractivity contribution in [2.24, 2.45) is 0 Å². The third-order valence-corrected chi connectivity index (χ3v) is 2.85. The van der Waals surface area contributed by atoms with Crippen molar-refractivity contribution in [2.45, 2.75) is 13.8 Å². The Morgan fingerprint density at radius 3 is 2.95 bits per heavy atom. The van der Waals surface area contributed by atoms with Crippen molar-refractivity contribution < 1.29 is 13.9 Å². The lowest BCUT2D eigenvalue weighted by Gasteiger charge is -2.00. The Hall–Kier alpha value is -1.88. The summed E-state index contributed by atoms with van der Waals surface area (Å²) in [6, 6.07) is 4.60. The number of aryl methyl sites for hydroxylation is 1. The summed E-state index contributed by atoms with van der Waals surface area (Å²) in [6.07, 6.45) is 0. The van der Waals surface area contributed by atoms with E-state index in [4.69, 9.17) is 16.3 Å². The van der Waals surface area contributed by atoms with Crippen LogP contribution in [-0.4, -0.2) is 22.5 Å². The number of esters is 1. The van der Waals surface area contributed by atoms with Crippen LogP contribution in [0.4, 0.5) is 4.39 Å². The summed E-state index contributed by atoms with van der Waals surface area (Å²) in [4.78, 5) is 18.6. The Bertz CT molecular complexity index is 625. The fourth-order valence-corrected chi connectivity index (χ4v) is 1.85. The van der Waals surface area contributed by atoms with Crippen LogP contribution in [-0.2, 0) is 4.74 Å². The average Bonchev–Trinajstić information content (AvgIpc) is 2.75. The molecule has 0 spiro atoms. The van der Waals surface area contributed by atoms with Crippen LogP contribution in [0.25, 0.3) is 11.4 Å². The van der Waals surface area contributed by atoms with Crippen LogP contribution in [0.1, 0.15) is 23.1 Å². The Balaban J connectivity index is 2.45. The maximum Gasteiger partial charge on any atom is 0.358 e. The molecule has 0 saturated heterocycles. The number of nitrogens with one attached hydrogen (secondary N) is 1. The Morgan fingerprint density at radius 1 is 1.53 bits per heavy atom. The molecule has 0 radical (unpaired) electrons. The zero-order valence-corrected chi connectivity index (χ0v) is 11.2. The molecule has 0 saturated carbocycles. The van der Waals surface area contributed by atoms with E-state index in [9.17, 15) is 9.18 Å². The van der Waals surface area contributed by atoms with Crippen molar-refractivity contribution in [1.82, 2.24) is 9.97 Å². The molecule has 1 aromatic heterocycles. The van der Waals surface area contributed by atoms with Gasteiger partial charge in [0.05, 0.1) is 17.2 Å². The van der Waals surface area contributed by atoms with Gasteiger partial charge in [0.2, 0.25) is 0 Å². The maximum absolute atomic E-state index is 13.9. The largest absolute Gasteiger partial charge is 0.461 e. The van der Waals surface area contributed by atoms with E-state index in [0.717, 1.165) is 0 Å². The summed E-state index contributed by atoms with van der Waals surface area (Å²) in [5, 5.41) is 0.00392. The topological polar surface area (TPSA) is 55.0 Å². The van der Waals surface area contributed by atoms with Crippen LogP contribution in [0.3, 0.4) is 0 Å². The van der Waals surface area contributed by atoms with E-state index in [1.165, 1.54) is 12.1 Å². The number of carbonyl (C=O) groups is 1. The highest BCUT2D eigenvalue weighted by atomic mass is 35.5. The third-order valence-electron chi connectivity index (χ3n) is 2.56. The maximum atomic E-state index is 13.9. The van der Waals surface area contributed by atoms with Crippen molar-refractivity contribution in [1.29, 1.82) is 0 Å². The number of nitrogens with zero attached hydrogens (tertiary/aromatic N) is 1. The minimum Gasteiger partial charge on any atom is -0.461 e. The first-order valence-electron chi connectivity index (χ1n) is 5.72. The molecular formula is C13H12ClFN2O2. The number of imidazole rings is 1. The van der Waals surface area contributed by atoms with Gasteiger partial charge in [0.15, 0.2) is 11.5 Å². The van der Waals surface area contributed by atoms with Gasteiger partial charge in [0.25, 0.3) is 0 Å². The SMILES string of the molecule is CCOC(=O)c1nc(-c2cccc(Cl)c2F)[nH]c1C. The molecule has 0 aliphatic rings. The van der Waals surface area contributed by atoms with Crippen LogP contribution in [0.5, 0.6) is 0 Å². The van der Waals surface area contributed by atoms with Gasteiger partial charge >= 0.3 is 5.97 Å². The number of ether oxygens (including phenoxy) is 1. The molecule has 19 heavy (non-hydrogen) atoms. The number of H-pyrrole nitrogens is 1. The molecule has 1 heterocycles. The lowest BCUT2D eigenvalue weighted by Crippen LogP contribution is -2.06. The van der Waals surface area contributed by atoms with E-state index in [0.29, 0.717) is 5.69 Å². The molecule has 4 nitrogen and oxygen atoms in total. The molecule has 1 aromatic carbocycles. The van der Waals surface area contributed by atoms with Crippen LogP contribution in [0.2, 0.25) is 5.02 Å². The van der Waals surface area contributed by atoms with Gasteiger partial charge < -0.3 is 9.72 Å². The standard InChI is InChI=1S/C13H12ClFN2O2/c1-3-19-13(18)11-7(2)16-12(17-11)8-5-4-6-9(14)10(8)15/h4-6H,3H2,1-2H3,(H,16,17). The van der Waals surface area contributed by atoms with E-state index in [1.54, 1.807) is 19.9 Å². The number of aromatic amines is 1. The second-order valence-corrected chi connectivity index (χ2v) is 4.29. The minimum atomic E-state index is -0.576. The van der Waals surface area contributed by atoms with Gasteiger partial charge in [-0.3, -0.25) is 0 Å². The van der Waals surface area contributed by atoms with Crippen molar-refractivity contribution in [3.05, 3.63) is 40.4 Å². The first-order valence-corrected chi connectivity index (χ1v) is 6.10. The highest BCUT2D eigenvalue weighted by Crippen LogP contribution is 2.26. The van der Waals surface area contributed by atoms with Crippen molar-refractivity contribution in [3.63, 3.8) is 0 Å². The van der Waals surface area contributed by atoms with E-state index >= 15 is 0 Å². The summed E-state index contributed by atoms with van der Waals surface area (Å²) < 4.78 is 18.7. The lowest BCUT2D eigenvalue weighted by atomic mass is 10.2. The number of benzene rings is 1. The van der Waals surface area contributed by atoms with Gasteiger partial charge in [-0.15, -0.1) is 0 Å². The molecule has 0 atom stereocenters. The first-order chi connectivity index (χ1) is 9.04. The van der Waals surface area contributed by atoms with Gasteiger partial charge in [-0.1, -0.05) is 17.7 Å². The molecule has 100 valence electrons. The second-order valence-electron chi connectivity index (χ2n) is 3.88. The fourth-order valence-electron chi connectivity index (χ4n) is 1.67. The van der Waals surface area contributed by atoms with E-state index < -0.39 is 11.8 Å². The predicted octanol–water partition coefficient (Wildman–Crippen LogP) is 3.35. The lowest BCUT2D eigenvalue weighted by molar-refractivity contribution is 0.0519. The predicted molar refractivity (Wildman–Crippen MR) is 69.7 cm³/mol. The summed E-state index contributed by atoms with van der Waals surface area (Å²) in [7, 11) is 0. The number of hydrogen-bond donors (Lipinski definition) is 1. The van der Waals surface area contributed by atoms with Gasteiger partial charge in [-0.05, 0) is 26.0 Å². The highest BCUT2D eigenvalue weighted by Gasteiger charge is 2.19. The molecule has 0 aliphatic carbocycles. The molecule has 1 N–H and O–H groups in total. The molecule has 0 fully saturated rings. The Kier molecular flexibility index (Phi) is 3.85. The Morgan fingerprint density at radius 2 is 2.26 bits per heavy atom. The van der Waals surface area contributed by atoms with Gasteiger partial charge in [-0.25, -0.2) is 14.2 Å². The van der Waals surface area contributed by atoms with E-state index in [2.05, 4.69) is 9.97 Å². The van der Waals surface area contributed by atoms with Crippen LogP contribution < -0.4 is 0 Å². The smallest absolute Gasteiger partial charge is 0.358 e. The molecule has 2 rings (SSSR count). The normalized spacial score (nSPS) is 10.5. The van der Waals surface area contributed by atoms with Gasteiger partial charge in [0.1, 0.15) is 5.82 Å². The fraction of sp³-hybridized carbons (Fsp3) is 0.231. The van der Waals surface area contributed by atoms with Crippen molar-refractivity contribution in [3.8, 4) is 11.4 Å². The molecular weight excluding hydrogens is 271 g/mol. The summed E-state index contributed by atoms with van der Waals surface area (Å²) >= 11 is 5.71. The van der Waals surface area contributed by atoms with Gasteiger partial charge in [0, 0.05) is 5.69 Å². The third kappa shape index (κ3) is 2.61. The molecule has 0 unspecified atom stereocenters. The molecule has 0 aliphatic heterocycles. The van der Waals surface area contributed by atoms with E-state index in [-0.39, 0.29) is 28.7 Å². The number of hydrogen-bond acceptors (Lipinski definition) is 3. The minimum absolute atomic E-state index is 0.00392. The zero-order chi connectivity index (χ0) is 14.0. The molecule has 0 bridgehead atoms. The highest BCUT2D eigenvalue weighted by molar-refractivity contribution is 6.31. The van der Waals surface area contributed by atoms with Crippen LogP contribution in [0, 0.1) is 12.7 Å². The van der Waals surface area contributed by atoms with Gasteiger partial charge in [-0.2, -0.15) is 0 Å².